The van der Waals surface area contributed by atoms with Crippen molar-refractivity contribution < 1.29 is 30.5 Å². The summed E-state index contributed by atoms with van der Waals surface area (Å²) in [5, 5.41) is 4.33. The van der Waals surface area contributed by atoms with E-state index in [1.807, 2.05) is 30.3 Å². The van der Waals surface area contributed by atoms with E-state index in [-0.39, 0.29) is 33.2 Å². The summed E-state index contributed by atoms with van der Waals surface area (Å²) >= 11 is 0. The first-order chi connectivity index (χ1) is 19.8. The van der Waals surface area contributed by atoms with E-state index < -0.39 is 0 Å². The van der Waals surface area contributed by atoms with Crippen molar-refractivity contribution in [1.82, 2.24) is 4.40 Å². The van der Waals surface area contributed by atoms with E-state index in [1.54, 1.807) is 0 Å². The quantitative estimate of drug-likeness (QED) is 0.138. The monoisotopic (exact) mass is 708 g/mol. The second kappa shape index (κ2) is 9.33. The van der Waals surface area contributed by atoms with Crippen LogP contribution >= 0.6 is 0 Å². The molecule has 200 valence electrons. The van der Waals surface area contributed by atoms with Gasteiger partial charge in [0.25, 0.3) is 0 Å². The Balaban J connectivity index is 0.00000256. The summed E-state index contributed by atoms with van der Waals surface area (Å²) in [6, 6.07) is 45.8. The molecule has 3 heterocycles. The maximum absolute atomic E-state index is 6.33. The van der Waals surface area contributed by atoms with Crippen LogP contribution in [0.1, 0.15) is 22.7 Å². The number of hydrogen-bond acceptors (Lipinski definition) is 3. The van der Waals surface area contributed by atoms with E-state index in [9.17, 15) is 0 Å². The van der Waals surface area contributed by atoms with Crippen LogP contribution in [0.3, 0.4) is 0 Å². The predicted octanol–water partition coefficient (Wildman–Crippen LogP) is 8.03. The molecule has 0 bridgehead atoms. The number of hydrogen-bond donors (Lipinski definition) is 0. The number of aliphatic imine (C=N–C) groups is 1. The molecule has 0 N–H and O–H groups in total. The van der Waals surface area contributed by atoms with Crippen molar-refractivity contribution in [3.05, 3.63) is 138 Å². The fraction of sp³-hybridized carbons (Fsp3) is 0.0833. The summed E-state index contributed by atoms with van der Waals surface area (Å²) < 4.78 is 14.9. The fourth-order valence-corrected chi connectivity index (χ4v) is 6.32. The summed E-state index contributed by atoms with van der Waals surface area (Å²) in [6.07, 6.45) is 0.926. The first kappa shape index (κ1) is 24.4. The number of benzene rings is 5. The minimum atomic E-state index is 0. The van der Waals surface area contributed by atoms with E-state index in [1.165, 1.54) is 16.5 Å². The molecule has 0 saturated heterocycles. The molecule has 0 unspecified atom stereocenters. The molecule has 2 atom stereocenters. The normalized spacial score (nSPS) is 17.3. The zero-order valence-corrected chi connectivity index (χ0v) is 24.0. The van der Waals surface area contributed by atoms with Crippen molar-refractivity contribution in [1.29, 1.82) is 0 Å². The predicted molar refractivity (Wildman–Crippen MR) is 157 cm³/mol. The molecule has 9 rings (SSSR count). The Hall–Kier alpha value is -4.40. The summed E-state index contributed by atoms with van der Waals surface area (Å²) in [7, 11) is 0. The maximum atomic E-state index is 6.33. The van der Waals surface area contributed by atoms with Gasteiger partial charge in [0.05, 0.1) is 0 Å². The zero-order valence-electron chi connectivity index (χ0n) is 21.7. The number of ether oxygens (including phenoxy) is 2. The van der Waals surface area contributed by atoms with Crippen LogP contribution in [0.25, 0.3) is 38.1 Å². The van der Waals surface area contributed by atoms with E-state index in [4.69, 9.17) is 14.5 Å². The van der Waals surface area contributed by atoms with Gasteiger partial charge in [-0.3, -0.25) is 4.99 Å². The summed E-state index contributed by atoms with van der Waals surface area (Å²) in [5.74, 6) is 1.84. The van der Waals surface area contributed by atoms with Crippen molar-refractivity contribution in [2.75, 3.05) is 0 Å². The smallest absolute Gasteiger partial charge is 0.131 e. The molecule has 1 aliphatic heterocycles. The first-order valence-corrected chi connectivity index (χ1v) is 13.5. The van der Waals surface area contributed by atoms with Crippen LogP contribution in [-0.2, 0) is 32.2 Å². The third-order valence-corrected chi connectivity index (χ3v) is 8.10. The van der Waals surface area contributed by atoms with Crippen LogP contribution in [0, 0.1) is 18.2 Å². The number of aromatic nitrogens is 1. The van der Waals surface area contributed by atoms with Gasteiger partial charge in [0.15, 0.2) is 0 Å². The molecule has 0 fully saturated rings. The minimum absolute atomic E-state index is 0. The second-order valence-electron chi connectivity index (χ2n) is 10.4. The molecule has 2 aromatic heterocycles. The van der Waals surface area contributed by atoms with Crippen LogP contribution in [0.4, 0.5) is 0 Å². The molecule has 41 heavy (non-hydrogen) atoms. The summed E-state index contributed by atoms with van der Waals surface area (Å²) in [5.41, 5.74) is 6.64. The van der Waals surface area contributed by atoms with Gasteiger partial charge in [-0.25, -0.2) is 0 Å². The van der Waals surface area contributed by atoms with E-state index >= 15 is 0 Å². The van der Waals surface area contributed by atoms with Crippen molar-refractivity contribution in [3.8, 4) is 11.5 Å². The largest absolute Gasteiger partial charge is 0.514 e. The minimum Gasteiger partial charge on any atom is -0.514 e. The molecule has 0 amide bonds. The number of nitrogens with zero attached hydrogens (tertiary/aromatic N) is 2. The zero-order chi connectivity index (χ0) is 26.2. The number of fused-ring (bicyclic) bond motifs is 11. The maximum Gasteiger partial charge on any atom is 0.131 e. The molecular weight excluding hydrogens is 687 g/mol. The van der Waals surface area contributed by atoms with Gasteiger partial charge < -0.3 is 13.9 Å². The van der Waals surface area contributed by atoms with Crippen LogP contribution in [0.15, 0.2) is 108 Å². The van der Waals surface area contributed by atoms with Crippen molar-refractivity contribution in [2.45, 2.75) is 18.6 Å². The molecule has 1 aliphatic carbocycles. The molecule has 7 aromatic rings. The molecule has 0 spiro atoms. The van der Waals surface area contributed by atoms with Crippen LogP contribution in [0.2, 0.25) is 0 Å². The Labute approximate surface area is 251 Å². The number of para-hydroxylation sites is 2. The van der Waals surface area contributed by atoms with Gasteiger partial charge >= 0.3 is 0 Å². The van der Waals surface area contributed by atoms with E-state index in [2.05, 4.69) is 95.4 Å². The third kappa shape index (κ3) is 3.74. The summed E-state index contributed by atoms with van der Waals surface area (Å²) in [6.45, 7) is 0. The molecule has 2 aliphatic rings. The topological polar surface area (TPSA) is 35.2 Å². The average Bonchev–Trinajstić information content (AvgIpc) is 3.69. The van der Waals surface area contributed by atoms with E-state index in [0.717, 1.165) is 44.7 Å². The van der Waals surface area contributed by atoms with Crippen LogP contribution < -0.4 is 4.74 Å². The van der Waals surface area contributed by atoms with Crippen molar-refractivity contribution >= 4 is 44.0 Å². The summed E-state index contributed by atoms with van der Waals surface area (Å²) in [4.78, 5) is 4.93. The van der Waals surface area contributed by atoms with Gasteiger partial charge in [-0.1, -0.05) is 66.2 Å². The molecular formula is C36H21N2O2Pt-3. The van der Waals surface area contributed by atoms with Crippen LogP contribution in [0.5, 0.6) is 11.5 Å². The second-order valence-corrected chi connectivity index (χ2v) is 10.4. The SMILES string of the molecule is [Pt].[c-]1c(Oc2[c-]c3c(cc2)c2ccccc2n2c3[c-]c3ccccc32)cccc1C1=N[C@@H]2c3ccccc3C[C@@H]2O1. The Morgan fingerprint density at radius 1 is 0.732 bits per heavy atom. The number of rotatable bonds is 3. The molecule has 5 heteroatoms. The average molecular weight is 709 g/mol. The fourth-order valence-electron chi connectivity index (χ4n) is 6.32. The molecule has 5 aromatic carbocycles. The Bertz CT molecular complexity index is 2180. The molecule has 0 saturated carbocycles. The Morgan fingerprint density at radius 3 is 2.49 bits per heavy atom. The Morgan fingerprint density at radius 2 is 1.54 bits per heavy atom. The van der Waals surface area contributed by atoms with Gasteiger partial charge in [0.1, 0.15) is 18.0 Å². The van der Waals surface area contributed by atoms with Gasteiger partial charge in [-0.2, -0.15) is 11.5 Å². The van der Waals surface area contributed by atoms with Gasteiger partial charge in [0.2, 0.25) is 0 Å². The first-order valence-electron chi connectivity index (χ1n) is 13.5. The van der Waals surface area contributed by atoms with Gasteiger partial charge in [0, 0.05) is 44.5 Å². The third-order valence-electron chi connectivity index (χ3n) is 8.10. The molecule has 4 nitrogen and oxygen atoms in total. The standard InChI is InChI=1S/C36H21N2O2.Pt/c1-3-12-27-22(8-1)20-34-35(27)37-36(40-34)24-10-7-11-25(18-24)39-26-16-17-28-29-13-4-6-15-32(29)38-31-14-5-2-9-23(31)19-33(38)30(28)21-26;/h1-17,34-35H,20H2;/q-3;/t34-,35+;/m0./s1. The molecule has 0 radical (unpaired) electrons. The Kier molecular flexibility index (Phi) is 5.55. The van der Waals surface area contributed by atoms with Crippen molar-refractivity contribution in [3.63, 3.8) is 0 Å². The van der Waals surface area contributed by atoms with E-state index in [0.29, 0.717) is 17.4 Å². The van der Waals surface area contributed by atoms with Crippen molar-refractivity contribution in [2.24, 2.45) is 4.99 Å². The number of pyridine rings is 1. The van der Waals surface area contributed by atoms with Crippen LogP contribution in [-0.4, -0.2) is 16.4 Å². The van der Waals surface area contributed by atoms with Gasteiger partial charge in [-0.15, -0.1) is 64.8 Å². The van der Waals surface area contributed by atoms with Gasteiger partial charge in [-0.05, 0) is 28.1 Å².